The largest absolute Gasteiger partial charge is 0.424 e. The molecule has 20 heavy (non-hydrogen) atoms. The van der Waals surface area contributed by atoms with E-state index in [0.717, 1.165) is 25.7 Å². The topological polar surface area (TPSA) is 37.3 Å². The molecule has 0 aromatic heterocycles. The predicted octanol–water partition coefficient (Wildman–Crippen LogP) is 4.79. The first-order valence-electron chi connectivity index (χ1n) is 7.56. The van der Waals surface area contributed by atoms with Crippen molar-refractivity contribution in [2.24, 2.45) is 0 Å². The molecule has 5 heteroatoms. The van der Waals surface area contributed by atoms with E-state index in [1.54, 1.807) is 0 Å². The number of alkyl halides is 3. The van der Waals surface area contributed by atoms with Crippen molar-refractivity contribution in [2.75, 3.05) is 0 Å². The smallest absolute Gasteiger partial charge is 0.374 e. The molecule has 0 heterocycles. The number of ketones is 1. The predicted molar refractivity (Wildman–Crippen MR) is 73.5 cm³/mol. The third-order valence-corrected chi connectivity index (χ3v) is 3.60. The van der Waals surface area contributed by atoms with E-state index in [1.165, 1.54) is 25.7 Å². The second kappa shape index (κ2) is 9.37. The summed E-state index contributed by atoms with van der Waals surface area (Å²) in [5, 5.41) is 9.17. The first-order chi connectivity index (χ1) is 9.23. The van der Waals surface area contributed by atoms with Gasteiger partial charge in [-0.25, -0.2) is 0 Å². The molecule has 0 aliphatic rings. The Morgan fingerprint density at radius 3 is 1.70 bits per heavy atom. The summed E-state index contributed by atoms with van der Waals surface area (Å²) in [4.78, 5) is 11.3. The molecular formula is C15H27F3O2. The number of Topliss-reactive ketones (excluding diaryl/α,β-unsaturated/α-hetero) is 1. The highest BCUT2D eigenvalue weighted by atomic mass is 19.4. The van der Waals surface area contributed by atoms with Crippen molar-refractivity contribution < 1.29 is 23.1 Å². The molecule has 1 atom stereocenters. The Morgan fingerprint density at radius 1 is 0.900 bits per heavy atom. The third-order valence-electron chi connectivity index (χ3n) is 3.60. The highest BCUT2D eigenvalue weighted by Crippen LogP contribution is 2.32. The summed E-state index contributed by atoms with van der Waals surface area (Å²) in [5.74, 6) is -1.13. The van der Waals surface area contributed by atoms with Gasteiger partial charge in [-0.2, -0.15) is 13.2 Å². The van der Waals surface area contributed by atoms with E-state index in [1.807, 2.05) is 0 Å². The fourth-order valence-corrected chi connectivity index (χ4v) is 2.00. The van der Waals surface area contributed by atoms with Crippen LogP contribution in [0.15, 0.2) is 0 Å². The van der Waals surface area contributed by atoms with Gasteiger partial charge in [0.15, 0.2) is 5.78 Å². The minimum Gasteiger partial charge on any atom is -0.374 e. The van der Waals surface area contributed by atoms with Gasteiger partial charge in [0, 0.05) is 6.42 Å². The van der Waals surface area contributed by atoms with Gasteiger partial charge in [-0.15, -0.1) is 0 Å². The fourth-order valence-electron chi connectivity index (χ4n) is 2.00. The highest BCUT2D eigenvalue weighted by Gasteiger charge is 2.54. The molecule has 0 fully saturated rings. The van der Waals surface area contributed by atoms with Gasteiger partial charge in [-0.1, -0.05) is 58.3 Å². The number of hydrogen-bond donors (Lipinski definition) is 1. The Morgan fingerprint density at radius 2 is 1.30 bits per heavy atom. The minimum absolute atomic E-state index is 0.206. The van der Waals surface area contributed by atoms with Crippen molar-refractivity contribution in [2.45, 2.75) is 89.8 Å². The zero-order valence-electron chi connectivity index (χ0n) is 12.6. The van der Waals surface area contributed by atoms with Gasteiger partial charge in [0.25, 0.3) is 0 Å². The van der Waals surface area contributed by atoms with Crippen LogP contribution in [0.4, 0.5) is 13.2 Å². The Bertz CT molecular complexity index is 273. The maximum atomic E-state index is 12.4. The van der Waals surface area contributed by atoms with Gasteiger partial charge >= 0.3 is 6.18 Å². The van der Waals surface area contributed by atoms with Crippen LogP contribution in [0.25, 0.3) is 0 Å². The lowest BCUT2D eigenvalue weighted by Gasteiger charge is -2.24. The van der Waals surface area contributed by atoms with Crippen LogP contribution >= 0.6 is 0 Å². The van der Waals surface area contributed by atoms with Crippen LogP contribution in [-0.4, -0.2) is 22.7 Å². The monoisotopic (exact) mass is 296 g/mol. The van der Waals surface area contributed by atoms with E-state index in [9.17, 15) is 18.0 Å². The van der Waals surface area contributed by atoms with Crippen LogP contribution in [0.2, 0.25) is 0 Å². The molecule has 0 aromatic rings. The molecule has 0 aromatic carbocycles. The molecule has 0 aliphatic carbocycles. The van der Waals surface area contributed by atoms with Crippen molar-refractivity contribution >= 4 is 5.78 Å². The zero-order valence-corrected chi connectivity index (χ0v) is 12.6. The first kappa shape index (κ1) is 19.4. The molecule has 0 bridgehead atoms. The molecule has 0 radical (unpaired) electrons. The van der Waals surface area contributed by atoms with Crippen LogP contribution in [0.5, 0.6) is 0 Å². The van der Waals surface area contributed by atoms with Crippen LogP contribution in [0.3, 0.4) is 0 Å². The average molecular weight is 296 g/mol. The van der Waals surface area contributed by atoms with Gasteiger partial charge < -0.3 is 5.11 Å². The molecule has 0 saturated carbocycles. The summed E-state index contributed by atoms with van der Waals surface area (Å²) in [6, 6.07) is 0. The third kappa shape index (κ3) is 7.27. The summed E-state index contributed by atoms with van der Waals surface area (Å²) >= 11 is 0. The highest BCUT2D eigenvalue weighted by molar-refractivity contribution is 5.87. The van der Waals surface area contributed by atoms with Crippen LogP contribution < -0.4 is 0 Å². The van der Waals surface area contributed by atoms with Crippen molar-refractivity contribution in [3.8, 4) is 0 Å². The zero-order chi connectivity index (χ0) is 15.6. The summed E-state index contributed by atoms with van der Waals surface area (Å²) < 4.78 is 37.2. The normalized spacial score (nSPS) is 15.1. The Labute approximate surface area is 119 Å². The summed E-state index contributed by atoms with van der Waals surface area (Å²) in [5.41, 5.74) is -3.20. The number of carbonyl (C=O) groups excluding carboxylic acids is 1. The minimum atomic E-state index is -4.89. The lowest BCUT2D eigenvalue weighted by atomic mass is 9.95. The molecule has 1 unspecified atom stereocenters. The molecule has 0 saturated heterocycles. The molecule has 2 nitrogen and oxygen atoms in total. The van der Waals surface area contributed by atoms with Crippen molar-refractivity contribution in [3.63, 3.8) is 0 Å². The lowest BCUT2D eigenvalue weighted by Crippen LogP contribution is -2.49. The van der Waals surface area contributed by atoms with E-state index >= 15 is 0 Å². The van der Waals surface area contributed by atoms with Crippen LogP contribution in [0, 0.1) is 0 Å². The van der Waals surface area contributed by atoms with Gasteiger partial charge in [-0.3, -0.25) is 4.79 Å². The van der Waals surface area contributed by atoms with Crippen LogP contribution in [0.1, 0.15) is 78.1 Å². The number of carbonyl (C=O) groups is 1. The molecule has 120 valence electrons. The summed E-state index contributed by atoms with van der Waals surface area (Å²) in [6.07, 6.45) is 4.12. The Balaban J connectivity index is 3.63. The van der Waals surface area contributed by atoms with Gasteiger partial charge in [-0.05, 0) is 13.3 Å². The molecule has 0 aliphatic heterocycles. The maximum Gasteiger partial charge on any atom is 0.424 e. The van der Waals surface area contributed by atoms with E-state index in [0.29, 0.717) is 13.3 Å². The van der Waals surface area contributed by atoms with E-state index in [-0.39, 0.29) is 6.42 Å². The second-order valence-electron chi connectivity index (χ2n) is 5.57. The van der Waals surface area contributed by atoms with Gasteiger partial charge in [0.2, 0.25) is 5.60 Å². The molecule has 1 N–H and O–H groups in total. The van der Waals surface area contributed by atoms with Crippen molar-refractivity contribution in [3.05, 3.63) is 0 Å². The molecule has 0 amide bonds. The van der Waals surface area contributed by atoms with Crippen LogP contribution in [-0.2, 0) is 4.79 Å². The van der Waals surface area contributed by atoms with E-state index in [2.05, 4.69) is 6.92 Å². The van der Waals surface area contributed by atoms with Gasteiger partial charge in [0.05, 0.1) is 0 Å². The Kier molecular flexibility index (Phi) is 9.10. The number of aliphatic hydroxyl groups is 1. The summed E-state index contributed by atoms with van der Waals surface area (Å²) in [6.45, 7) is 2.69. The standard InChI is InChI=1S/C15H27F3O2/c1-3-4-5-6-7-8-9-10-11-12-13(19)14(2,20)15(16,17)18/h20H,3-12H2,1-2H3. The quantitative estimate of drug-likeness (QED) is 0.557. The molecule has 0 spiro atoms. The summed E-state index contributed by atoms with van der Waals surface area (Å²) in [7, 11) is 0. The maximum absolute atomic E-state index is 12.4. The second-order valence-corrected chi connectivity index (χ2v) is 5.57. The number of halogens is 3. The lowest BCUT2D eigenvalue weighted by molar-refractivity contribution is -0.244. The molecule has 0 rings (SSSR count). The number of rotatable bonds is 11. The average Bonchev–Trinajstić information content (AvgIpc) is 2.35. The first-order valence-corrected chi connectivity index (χ1v) is 7.56. The fraction of sp³-hybridized carbons (Fsp3) is 0.933. The van der Waals surface area contributed by atoms with E-state index in [4.69, 9.17) is 5.11 Å². The molecular weight excluding hydrogens is 269 g/mol. The van der Waals surface area contributed by atoms with Crippen molar-refractivity contribution in [1.29, 1.82) is 0 Å². The number of unbranched alkanes of at least 4 members (excludes halogenated alkanes) is 8. The van der Waals surface area contributed by atoms with Crippen molar-refractivity contribution in [1.82, 2.24) is 0 Å². The SMILES string of the molecule is CCCCCCCCCCCC(=O)C(C)(O)C(F)(F)F. The van der Waals surface area contributed by atoms with E-state index < -0.39 is 17.6 Å². The van der Waals surface area contributed by atoms with Gasteiger partial charge in [0.1, 0.15) is 0 Å². The Hall–Kier alpha value is -0.580. The number of hydrogen-bond acceptors (Lipinski definition) is 2.